The number of hydrogen-bond acceptors (Lipinski definition) is 12. The minimum absolute atomic E-state index is 0.0891. The molecule has 15 nitrogen and oxygen atoms in total. The van der Waals surface area contributed by atoms with Gasteiger partial charge in [0.25, 0.3) is 6.57 Å². The second kappa shape index (κ2) is 12.1. The van der Waals surface area contributed by atoms with Crippen molar-refractivity contribution in [2.75, 3.05) is 11.9 Å². The summed E-state index contributed by atoms with van der Waals surface area (Å²) in [7, 11) is 0. The number of aliphatic hydroxyl groups is 1. The molecule has 1 saturated heterocycles. The van der Waals surface area contributed by atoms with Crippen LogP contribution in [0.2, 0.25) is 0 Å². The molecule has 0 bridgehead atoms. The van der Waals surface area contributed by atoms with Crippen LogP contribution >= 0.6 is 0 Å². The molecule has 3 heterocycles. The summed E-state index contributed by atoms with van der Waals surface area (Å²) in [6, 6.07) is 3.00. The average molecular weight is 551 g/mol. The van der Waals surface area contributed by atoms with Gasteiger partial charge in [-0.05, 0) is 58.5 Å². The summed E-state index contributed by atoms with van der Waals surface area (Å²) in [5, 5.41) is 18.0. The fraction of sp³-hybridized carbons (Fsp3) is 0.583. The first-order valence-electron chi connectivity index (χ1n) is 12.2. The van der Waals surface area contributed by atoms with Crippen LogP contribution in [0.15, 0.2) is 18.5 Å². The Morgan fingerprint density at radius 3 is 2.36 bits per heavy atom. The molecule has 0 aliphatic carbocycles. The van der Waals surface area contributed by atoms with Gasteiger partial charge in [-0.2, -0.15) is 5.10 Å². The Balaban J connectivity index is 1.97. The van der Waals surface area contributed by atoms with Gasteiger partial charge in [-0.15, -0.1) is 0 Å². The number of nitrogens with one attached hydrogen (secondary N) is 1. The minimum Gasteiger partial charge on any atom is -0.447 e. The Bertz CT molecular complexity index is 1240. The lowest BCUT2D eigenvalue weighted by Crippen LogP contribution is -2.42. The lowest BCUT2D eigenvalue weighted by atomic mass is 10.00. The van der Waals surface area contributed by atoms with Gasteiger partial charge in [0.1, 0.15) is 24.6 Å². The van der Waals surface area contributed by atoms with E-state index in [1.165, 1.54) is 16.6 Å². The van der Waals surface area contributed by atoms with E-state index >= 15 is 0 Å². The molecule has 2 aromatic rings. The van der Waals surface area contributed by atoms with Crippen molar-refractivity contribution >= 4 is 29.7 Å². The Labute approximate surface area is 224 Å². The third kappa shape index (κ3) is 6.65. The molecule has 0 unspecified atom stereocenters. The SMILES string of the molecule is C#[N+][C@@]1(c2ccc3c(NC(=O)OC(C)C)ncnn23)O[C@H](COC(=O)OC(C)C)[C@@H](OC(=O)OC(C)C)[C@H]1O. The van der Waals surface area contributed by atoms with Crippen LogP contribution in [-0.2, 0) is 34.1 Å². The van der Waals surface area contributed by atoms with Crippen LogP contribution in [0, 0.1) is 6.57 Å². The lowest BCUT2D eigenvalue weighted by Gasteiger charge is -2.20. The second-order valence-electron chi connectivity index (χ2n) is 9.36. The fourth-order valence-electron chi connectivity index (χ4n) is 3.80. The number of carbonyl (C=O) groups is 3. The van der Waals surface area contributed by atoms with Crippen molar-refractivity contribution in [3.8, 4) is 6.57 Å². The van der Waals surface area contributed by atoms with Crippen LogP contribution in [0.3, 0.4) is 0 Å². The molecule has 39 heavy (non-hydrogen) atoms. The van der Waals surface area contributed by atoms with Gasteiger partial charge in [-0.3, -0.25) is 10.1 Å². The zero-order chi connectivity index (χ0) is 28.9. The molecule has 212 valence electrons. The van der Waals surface area contributed by atoms with Crippen LogP contribution in [0.25, 0.3) is 10.4 Å². The number of aliphatic hydroxyl groups excluding tert-OH is 1. The second-order valence-corrected chi connectivity index (χ2v) is 9.36. The van der Waals surface area contributed by atoms with Gasteiger partial charge in [0.2, 0.25) is 6.10 Å². The van der Waals surface area contributed by atoms with Crippen molar-refractivity contribution in [1.29, 1.82) is 0 Å². The summed E-state index contributed by atoms with van der Waals surface area (Å²) < 4.78 is 32.8. The van der Waals surface area contributed by atoms with Crippen molar-refractivity contribution < 1.29 is 47.9 Å². The topological polar surface area (TPSA) is 173 Å². The number of hydrogen-bond donors (Lipinski definition) is 2. The highest BCUT2D eigenvalue weighted by atomic mass is 16.8. The van der Waals surface area contributed by atoms with Gasteiger partial charge in [0.15, 0.2) is 17.6 Å². The van der Waals surface area contributed by atoms with Crippen molar-refractivity contribution in [2.24, 2.45) is 0 Å². The van der Waals surface area contributed by atoms with E-state index in [2.05, 4.69) is 20.2 Å². The molecule has 1 fully saturated rings. The Kier molecular flexibility index (Phi) is 9.15. The van der Waals surface area contributed by atoms with Gasteiger partial charge in [-0.1, -0.05) is 0 Å². The summed E-state index contributed by atoms with van der Waals surface area (Å²) >= 11 is 0. The molecule has 3 rings (SSSR count). The fourth-order valence-corrected chi connectivity index (χ4v) is 3.80. The molecule has 15 heteroatoms. The lowest BCUT2D eigenvalue weighted by molar-refractivity contribution is -0.0813. The van der Waals surface area contributed by atoms with E-state index in [-0.39, 0.29) is 23.1 Å². The normalized spacial score (nSPS) is 22.5. The Morgan fingerprint density at radius 2 is 1.74 bits per heavy atom. The van der Waals surface area contributed by atoms with Crippen molar-refractivity contribution in [1.82, 2.24) is 14.6 Å². The molecule has 1 aliphatic rings. The molecule has 4 atom stereocenters. The van der Waals surface area contributed by atoms with E-state index < -0.39 is 61.3 Å². The number of aromatic nitrogens is 3. The molecule has 0 saturated carbocycles. The minimum atomic E-state index is -2.06. The van der Waals surface area contributed by atoms with Crippen LogP contribution in [-0.4, -0.2) is 81.3 Å². The highest BCUT2D eigenvalue weighted by Gasteiger charge is 2.68. The van der Waals surface area contributed by atoms with Crippen LogP contribution in [0.4, 0.5) is 20.2 Å². The molecular formula is C24H32N5O10+. The van der Waals surface area contributed by atoms with Crippen molar-refractivity contribution in [3.05, 3.63) is 29.0 Å². The number of anilines is 1. The van der Waals surface area contributed by atoms with E-state index in [1.807, 2.05) is 0 Å². The maximum atomic E-state index is 12.3. The first kappa shape index (κ1) is 29.4. The zero-order valence-electron chi connectivity index (χ0n) is 22.4. The number of amides is 1. The van der Waals surface area contributed by atoms with Gasteiger partial charge in [-0.25, -0.2) is 23.9 Å². The number of rotatable bonds is 8. The zero-order valence-corrected chi connectivity index (χ0v) is 22.4. The summed E-state index contributed by atoms with van der Waals surface area (Å²) in [6.07, 6.45) is -7.46. The molecule has 0 spiro atoms. The largest absolute Gasteiger partial charge is 0.508 e. The molecule has 1 amide bonds. The molecule has 0 radical (unpaired) electrons. The Morgan fingerprint density at radius 1 is 1.10 bits per heavy atom. The van der Waals surface area contributed by atoms with E-state index in [1.54, 1.807) is 41.5 Å². The van der Waals surface area contributed by atoms with Crippen LogP contribution < -0.4 is 5.32 Å². The predicted molar refractivity (Wildman–Crippen MR) is 133 cm³/mol. The van der Waals surface area contributed by atoms with Crippen molar-refractivity contribution in [2.45, 2.75) is 83.9 Å². The highest BCUT2D eigenvalue weighted by molar-refractivity contribution is 5.88. The molecule has 2 aromatic heterocycles. The maximum absolute atomic E-state index is 12.3. The molecular weight excluding hydrogens is 518 g/mol. The first-order valence-corrected chi connectivity index (χ1v) is 12.2. The standard InChI is InChI=1S/C24H31N5O10/c1-12(2)35-21(31)28-20-15-8-9-17(29(15)27-11-26-20)24(25-7)19(30)18(38-23(33)37-14(5)6)16(39-24)10-34-22(32)36-13(3)4/h7-9,11-14,16,18-19,30H,10H2,1-6H3/p+1/t16-,18-,19-,24+/m1/s1. The Hall–Kier alpha value is -4.16. The van der Waals surface area contributed by atoms with Crippen LogP contribution in [0.1, 0.15) is 47.2 Å². The number of ether oxygens (including phenoxy) is 6. The first-order chi connectivity index (χ1) is 18.4. The van der Waals surface area contributed by atoms with Gasteiger partial charge < -0.3 is 28.8 Å². The molecule has 2 N–H and O–H groups in total. The van der Waals surface area contributed by atoms with E-state index in [0.717, 1.165) is 6.33 Å². The number of fused-ring (bicyclic) bond motifs is 1. The van der Waals surface area contributed by atoms with Gasteiger partial charge in [0, 0.05) is 0 Å². The monoisotopic (exact) mass is 550 g/mol. The molecule has 1 aliphatic heterocycles. The van der Waals surface area contributed by atoms with E-state index in [9.17, 15) is 19.5 Å². The van der Waals surface area contributed by atoms with E-state index in [0.29, 0.717) is 0 Å². The summed E-state index contributed by atoms with van der Waals surface area (Å²) in [6.45, 7) is 15.1. The van der Waals surface area contributed by atoms with Crippen LogP contribution in [0.5, 0.6) is 0 Å². The highest BCUT2D eigenvalue weighted by Crippen LogP contribution is 2.43. The quantitative estimate of drug-likeness (QED) is 0.364. The van der Waals surface area contributed by atoms with Crippen molar-refractivity contribution in [3.63, 3.8) is 0 Å². The maximum Gasteiger partial charge on any atom is 0.508 e. The molecule has 0 aromatic carbocycles. The summed E-state index contributed by atoms with van der Waals surface area (Å²) in [5.41, 5.74) is -1.69. The average Bonchev–Trinajstić information content (AvgIpc) is 3.37. The van der Waals surface area contributed by atoms with Gasteiger partial charge in [0.05, 0.1) is 18.3 Å². The number of carbonyl (C=O) groups excluding carboxylic acids is 3. The smallest absolute Gasteiger partial charge is 0.447 e. The number of nitrogens with zero attached hydrogens (tertiary/aromatic N) is 4. The summed E-state index contributed by atoms with van der Waals surface area (Å²) in [4.78, 5) is 44.3. The summed E-state index contributed by atoms with van der Waals surface area (Å²) in [5.74, 6) is 0.0891. The van der Waals surface area contributed by atoms with E-state index in [4.69, 9.17) is 35.0 Å². The third-order valence-electron chi connectivity index (χ3n) is 5.25. The van der Waals surface area contributed by atoms with Gasteiger partial charge >= 0.3 is 24.1 Å². The predicted octanol–water partition coefficient (Wildman–Crippen LogP) is 3.05. The third-order valence-corrected chi connectivity index (χ3v) is 5.25.